The number of ketones is 1. The van der Waals surface area contributed by atoms with E-state index in [2.05, 4.69) is 0 Å². The molecule has 0 spiro atoms. The second-order valence-corrected chi connectivity index (χ2v) is 4.03. The molecule has 0 aromatic heterocycles. The third-order valence-corrected chi connectivity index (χ3v) is 2.60. The zero-order valence-corrected chi connectivity index (χ0v) is 9.47. The molecule has 0 saturated carbocycles. The maximum Gasteiger partial charge on any atom is 0.195 e. The van der Waals surface area contributed by atoms with Crippen LogP contribution in [0.3, 0.4) is 0 Å². The SMILES string of the molecule is CC(CN)CCC(=O)c1ccc(F)c(F)c1F. The molecule has 17 heavy (non-hydrogen) atoms. The van der Waals surface area contributed by atoms with E-state index in [4.69, 9.17) is 5.73 Å². The van der Waals surface area contributed by atoms with Crippen LogP contribution in [0, 0.1) is 23.4 Å². The zero-order chi connectivity index (χ0) is 13.0. The molecule has 5 heteroatoms. The minimum Gasteiger partial charge on any atom is -0.330 e. The Morgan fingerprint density at radius 2 is 1.94 bits per heavy atom. The molecule has 0 heterocycles. The van der Waals surface area contributed by atoms with Crippen molar-refractivity contribution in [2.75, 3.05) is 6.54 Å². The lowest BCUT2D eigenvalue weighted by molar-refractivity contribution is 0.0970. The van der Waals surface area contributed by atoms with Crippen molar-refractivity contribution in [3.8, 4) is 0 Å². The number of nitrogens with two attached hydrogens (primary N) is 1. The lowest BCUT2D eigenvalue weighted by atomic mass is 9.99. The molecule has 1 rings (SSSR count). The average Bonchev–Trinajstić information content (AvgIpc) is 2.32. The fourth-order valence-electron chi connectivity index (χ4n) is 1.37. The summed E-state index contributed by atoms with van der Waals surface area (Å²) in [6.45, 7) is 2.28. The molecule has 0 aliphatic heterocycles. The minimum atomic E-state index is -1.61. The summed E-state index contributed by atoms with van der Waals surface area (Å²) < 4.78 is 38.8. The molecule has 1 atom stereocenters. The number of benzene rings is 1. The van der Waals surface area contributed by atoms with Crippen LogP contribution in [0.5, 0.6) is 0 Å². The second kappa shape index (κ2) is 5.82. The van der Waals surface area contributed by atoms with Gasteiger partial charge in [-0.05, 0) is 31.0 Å². The van der Waals surface area contributed by atoms with Gasteiger partial charge in [-0.2, -0.15) is 0 Å². The smallest absolute Gasteiger partial charge is 0.195 e. The summed E-state index contributed by atoms with van der Waals surface area (Å²) in [6, 6.07) is 1.71. The number of halogens is 3. The van der Waals surface area contributed by atoms with Gasteiger partial charge in [-0.15, -0.1) is 0 Å². The largest absolute Gasteiger partial charge is 0.330 e. The van der Waals surface area contributed by atoms with Crippen molar-refractivity contribution in [2.45, 2.75) is 19.8 Å². The quantitative estimate of drug-likeness (QED) is 0.640. The van der Waals surface area contributed by atoms with E-state index in [9.17, 15) is 18.0 Å². The number of Topliss-reactive ketones (excluding diaryl/α,β-unsaturated/α-hetero) is 1. The van der Waals surface area contributed by atoms with E-state index in [0.29, 0.717) is 13.0 Å². The van der Waals surface area contributed by atoms with Gasteiger partial charge in [0.1, 0.15) is 0 Å². The molecule has 0 aliphatic rings. The third-order valence-electron chi connectivity index (χ3n) is 2.60. The van der Waals surface area contributed by atoms with Crippen LogP contribution in [0.4, 0.5) is 13.2 Å². The Morgan fingerprint density at radius 3 is 2.53 bits per heavy atom. The molecule has 0 saturated heterocycles. The predicted octanol–water partition coefficient (Wildman–Crippen LogP) is 2.66. The molecule has 2 N–H and O–H groups in total. The van der Waals surface area contributed by atoms with Crippen LogP contribution in [0.25, 0.3) is 0 Å². The van der Waals surface area contributed by atoms with Gasteiger partial charge in [0, 0.05) is 6.42 Å². The van der Waals surface area contributed by atoms with Gasteiger partial charge < -0.3 is 5.73 Å². The molecule has 2 nitrogen and oxygen atoms in total. The first kappa shape index (κ1) is 13.7. The lowest BCUT2D eigenvalue weighted by Crippen LogP contribution is -2.13. The first-order chi connectivity index (χ1) is 7.97. The topological polar surface area (TPSA) is 43.1 Å². The van der Waals surface area contributed by atoms with Crippen LogP contribution in [0.15, 0.2) is 12.1 Å². The highest BCUT2D eigenvalue weighted by molar-refractivity contribution is 5.96. The van der Waals surface area contributed by atoms with E-state index in [1.807, 2.05) is 6.92 Å². The highest BCUT2D eigenvalue weighted by Gasteiger charge is 2.18. The Kier molecular flexibility index (Phi) is 4.69. The van der Waals surface area contributed by atoms with Crippen molar-refractivity contribution in [3.63, 3.8) is 0 Å². The van der Waals surface area contributed by atoms with Crippen molar-refractivity contribution in [1.82, 2.24) is 0 Å². The first-order valence-corrected chi connectivity index (χ1v) is 5.34. The van der Waals surface area contributed by atoms with Crippen LogP contribution in [-0.2, 0) is 0 Å². The molecule has 0 aliphatic carbocycles. The van der Waals surface area contributed by atoms with E-state index in [-0.39, 0.29) is 12.3 Å². The Morgan fingerprint density at radius 1 is 1.29 bits per heavy atom. The first-order valence-electron chi connectivity index (χ1n) is 5.34. The van der Waals surface area contributed by atoms with Gasteiger partial charge in [0.05, 0.1) is 5.56 Å². The Labute approximate surface area is 97.6 Å². The predicted molar refractivity (Wildman–Crippen MR) is 58.1 cm³/mol. The molecule has 1 unspecified atom stereocenters. The highest BCUT2D eigenvalue weighted by atomic mass is 19.2. The van der Waals surface area contributed by atoms with E-state index in [0.717, 1.165) is 12.1 Å². The summed E-state index contributed by atoms with van der Waals surface area (Å²) in [4.78, 5) is 11.6. The summed E-state index contributed by atoms with van der Waals surface area (Å²) in [5.74, 6) is -4.73. The summed E-state index contributed by atoms with van der Waals surface area (Å²) in [6.07, 6.45) is 0.564. The molecule has 0 fully saturated rings. The number of rotatable bonds is 5. The Balaban J connectivity index is 2.80. The van der Waals surface area contributed by atoms with Crippen LogP contribution in [-0.4, -0.2) is 12.3 Å². The van der Waals surface area contributed by atoms with Gasteiger partial charge in [0.2, 0.25) is 0 Å². The van der Waals surface area contributed by atoms with E-state index >= 15 is 0 Å². The normalized spacial score (nSPS) is 12.5. The number of carbonyl (C=O) groups is 1. The van der Waals surface area contributed by atoms with Crippen LogP contribution in [0.2, 0.25) is 0 Å². The maximum atomic E-state index is 13.3. The lowest BCUT2D eigenvalue weighted by Gasteiger charge is -2.08. The maximum absolute atomic E-state index is 13.3. The molecular formula is C12H14F3NO. The van der Waals surface area contributed by atoms with Gasteiger partial charge >= 0.3 is 0 Å². The van der Waals surface area contributed by atoms with E-state index in [1.165, 1.54) is 0 Å². The van der Waals surface area contributed by atoms with Crippen molar-refractivity contribution >= 4 is 5.78 Å². The second-order valence-electron chi connectivity index (χ2n) is 4.03. The highest BCUT2D eigenvalue weighted by Crippen LogP contribution is 2.18. The monoisotopic (exact) mass is 245 g/mol. The van der Waals surface area contributed by atoms with Crippen LogP contribution < -0.4 is 5.73 Å². The minimum absolute atomic E-state index is 0.0698. The molecule has 1 aromatic rings. The fraction of sp³-hybridized carbons (Fsp3) is 0.417. The summed E-state index contributed by atoms with van der Waals surface area (Å²) in [7, 11) is 0. The van der Waals surface area contributed by atoms with Crippen molar-refractivity contribution < 1.29 is 18.0 Å². The van der Waals surface area contributed by atoms with Crippen molar-refractivity contribution in [3.05, 3.63) is 35.1 Å². The number of carbonyl (C=O) groups excluding carboxylic acids is 1. The molecule has 0 amide bonds. The molecule has 1 aromatic carbocycles. The van der Waals surface area contributed by atoms with Crippen molar-refractivity contribution in [1.29, 1.82) is 0 Å². The van der Waals surface area contributed by atoms with Gasteiger partial charge in [-0.25, -0.2) is 13.2 Å². The standard InChI is InChI=1S/C12H14F3NO/c1-7(6-16)2-5-10(17)8-3-4-9(13)12(15)11(8)14/h3-4,7H,2,5-6,16H2,1H3. The van der Waals surface area contributed by atoms with Gasteiger partial charge in [-0.3, -0.25) is 4.79 Å². The van der Waals surface area contributed by atoms with Crippen molar-refractivity contribution in [2.24, 2.45) is 11.7 Å². The summed E-state index contributed by atoms with van der Waals surface area (Å²) in [5, 5.41) is 0. The number of hydrogen-bond acceptors (Lipinski definition) is 2. The van der Waals surface area contributed by atoms with E-state index < -0.39 is 28.8 Å². The van der Waals surface area contributed by atoms with Gasteiger partial charge in [0.25, 0.3) is 0 Å². The summed E-state index contributed by atoms with van der Waals surface area (Å²) in [5.41, 5.74) is 4.97. The van der Waals surface area contributed by atoms with Gasteiger partial charge in [0.15, 0.2) is 23.2 Å². The molecule has 94 valence electrons. The zero-order valence-electron chi connectivity index (χ0n) is 9.47. The molecule has 0 radical (unpaired) electrons. The molecular weight excluding hydrogens is 231 g/mol. The Bertz CT molecular complexity index is 420. The third kappa shape index (κ3) is 3.30. The average molecular weight is 245 g/mol. The van der Waals surface area contributed by atoms with E-state index in [1.54, 1.807) is 0 Å². The fourth-order valence-corrected chi connectivity index (χ4v) is 1.37. The van der Waals surface area contributed by atoms with Crippen LogP contribution in [0.1, 0.15) is 30.1 Å². The van der Waals surface area contributed by atoms with Crippen LogP contribution >= 0.6 is 0 Å². The van der Waals surface area contributed by atoms with Gasteiger partial charge in [-0.1, -0.05) is 6.92 Å². The Hall–Kier alpha value is -1.36. The summed E-state index contributed by atoms with van der Waals surface area (Å²) >= 11 is 0. The number of hydrogen-bond donors (Lipinski definition) is 1. The molecule has 0 bridgehead atoms.